The first-order valence-corrected chi connectivity index (χ1v) is 2.11. The van der Waals surface area contributed by atoms with Crippen LogP contribution in [-0.4, -0.2) is 17.9 Å². The van der Waals surface area contributed by atoms with Crippen molar-refractivity contribution in [3.8, 4) is 0 Å². The van der Waals surface area contributed by atoms with E-state index in [0.717, 1.165) is 0 Å². The minimum absolute atomic E-state index is 1.58. The summed E-state index contributed by atoms with van der Waals surface area (Å²) in [6.45, 7) is -1.58. The van der Waals surface area contributed by atoms with Crippen LogP contribution in [0.25, 0.3) is 0 Å². The number of hydrogen-bond acceptors (Lipinski definition) is 1. The van der Waals surface area contributed by atoms with E-state index < -0.39 is 24.4 Å². The highest BCUT2D eigenvalue weighted by Crippen LogP contribution is 2.29. The lowest BCUT2D eigenvalue weighted by Crippen LogP contribution is -2.10. The van der Waals surface area contributed by atoms with Crippen molar-refractivity contribution in [2.24, 2.45) is 0 Å². The molecule has 0 rings (SSSR count). The van der Waals surface area contributed by atoms with Crippen LogP contribution < -0.4 is 0 Å². The van der Waals surface area contributed by atoms with Gasteiger partial charge < -0.3 is 5.11 Å². The molecule has 0 fully saturated rings. The second-order valence-electron chi connectivity index (χ2n) is 1.37. The van der Waals surface area contributed by atoms with E-state index in [1.54, 1.807) is 0 Å². The van der Waals surface area contributed by atoms with Crippen molar-refractivity contribution in [2.45, 2.75) is 6.18 Å². The van der Waals surface area contributed by atoms with Crippen LogP contribution >= 0.6 is 0 Å². The van der Waals surface area contributed by atoms with Gasteiger partial charge in [-0.2, -0.15) is 17.6 Å². The largest absolute Gasteiger partial charge is 0.445 e. The Hall–Kier alpha value is -0.650. The SMILES string of the molecule is OCC(F)=C(F)C(F)(F)F. The summed E-state index contributed by atoms with van der Waals surface area (Å²) in [5.74, 6) is -5.08. The molecule has 0 aliphatic carbocycles. The molecule has 0 heterocycles. The van der Waals surface area contributed by atoms with Gasteiger partial charge in [-0.05, 0) is 0 Å². The second-order valence-corrected chi connectivity index (χ2v) is 1.37. The molecule has 0 amide bonds. The van der Waals surface area contributed by atoms with E-state index >= 15 is 0 Å². The third-order valence-corrected chi connectivity index (χ3v) is 0.626. The molecule has 0 atom stereocenters. The van der Waals surface area contributed by atoms with Crippen LogP contribution in [0, 0.1) is 0 Å². The third kappa shape index (κ3) is 2.30. The summed E-state index contributed by atoms with van der Waals surface area (Å²) in [5.41, 5.74) is 0. The molecule has 0 aromatic heterocycles. The zero-order chi connectivity index (χ0) is 8.36. The Morgan fingerprint density at radius 3 is 1.70 bits per heavy atom. The molecule has 10 heavy (non-hydrogen) atoms. The molecular weight excluding hydrogens is 159 g/mol. The van der Waals surface area contributed by atoms with E-state index in [2.05, 4.69) is 0 Å². The van der Waals surface area contributed by atoms with Gasteiger partial charge in [0.25, 0.3) is 0 Å². The number of alkyl halides is 3. The Kier molecular flexibility index (Phi) is 2.77. The van der Waals surface area contributed by atoms with Crippen molar-refractivity contribution < 1.29 is 27.1 Å². The van der Waals surface area contributed by atoms with Crippen LogP contribution in [0.15, 0.2) is 11.7 Å². The molecule has 0 aromatic rings. The average molecular weight is 162 g/mol. The maximum Gasteiger partial charge on any atom is 0.445 e. The summed E-state index contributed by atoms with van der Waals surface area (Å²) < 4.78 is 56.4. The van der Waals surface area contributed by atoms with Crippen LogP contribution in [0.4, 0.5) is 22.0 Å². The third-order valence-electron chi connectivity index (χ3n) is 0.626. The van der Waals surface area contributed by atoms with Gasteiger partial charge in [-0.15, -0.1) is 0 Å². The van der Waals surface area contributed by atoms with Crippen LogP contribution in [0.1, 0.15) is 0 Å². The Labute approximate surface area is 52.8 Å². The number of aliphatic hydroxyl groups is 1. The quantitative estimate of drug-likeness (QED) is 0.581. The monoisotopic (exact) mass is 162 g/mol. The van der Waals surface area contributed by atoms with E-state index in [0.29, 0.717) is 0 Å². The molecule has 1 nitrogen and oxygen atoms in total. The first-order valence-electron chi connectivity index (χ1n) is 2.11. The van der Waals surface area contributed by atoms with Crippen LogP contribution in [-0.2, 0) is 0 Å². The molecule has 0 aliphatic heterocycles. The van der Waals surface area contributed by atoms with Gasteiger partial charge in [0.05, 0.1) is 6.61 Å². The zero-order valence-corrected chi connectivity index (χ0v) is 4.54. The molecule has 0 spiro atoms. The van der Waals surface area contributed by atoms with Gasteiger partial charge in [-0.3, -0.25) is 0 Å². The predicted molar refractivity (Wildman–Crippen MR) is 22.4 cm³/mol. The number of aliphatic hydroxyl groups excluding tert-OH is 1. The fraction of sp³-hybridized carbons (Fsp3) is 0.500. The molecular formula is C4H3F5O. The van der Waals surface area contributed by atoms with Crippen molar-refractivity contribution >= 4 is 0 Å². The van der Waals surface area contributed by atoms with Gasteiger partial charge in [0.15, 0.2) is 5.83 Å². The Morgan fingerprint density at radius 1 is 1.20 bits per heavy atom. The van der Waals surface area contributed by atoms with Crippen molar-refractivity contribution in [1.82, 2.24) is 0 Å². The summed E-state index contributed by atoms with van der Waals surface area (Å²) in [7, 11) is 0. The van der Waals surface area contributed by atoms with Gasteiger partial charge in [0.1, 0.15) is 0 Å². The number of halogens is 5. The van der Waals surface area contributed by atoms with Crippen molar-refractivity contribution in [1.29, 1.82) is 0 Å². The van der Waals surface area contributed by atoms with E-state index in [4.69, 9.17) is 5.11 Å². The molecule has 0 aromatic carbocycles. The van der Waals surface area contributed by atoms with Gasteiger partial charge in [-0.25, -0.2) is 4.39 Å². The zero-order valence-electron chi connectivity index (χ0n) is 4.54. The second kappa shape index (κ2) is 2.96. The first-order chi connectivity index (χ1) is 4.39. The standard InChI is InChI=1S/C4H3F5O/c5-2(1-10)3(6)4(7,8)9/h10H,1H2. The molecule has 0 radical (unpaired) electrons. The Balaban J connectivity index is 4.47. The smallest absolute Gasteiger partial charge is 0.389 e. The molecule has 0 unspecified atom stereocenters. The molecule has 0 saturated heterocycles. The maximum atomic E-state index is 11.6. The topological polar surface area (TPSA) is 20.2 Å². The fourth-order valence-corrected chi connectivity index (χ4v) is 0.223. The summed E-state index contributed by atoms with van der Waals surface area (Å²) in [4.78, 5) is 0. The minimum Gasteiger partial charge on any atom is -0.389 e. The fourth-order valence-electron chi connectivity index (χ4n) is 0.223. The number of rotatable bonds is 1. The lowest BCUT2D eigenvalue weighted by atomic mass is 10.4. The lowest BCUT2D eigenvalue weighted by Gasteiger charge is -2.02. The molecule has 60 valence electrons. The summed E-state index contributed by atoms with van der Waals surface area (Å²) >= 11 is 0. The predicted octanol–water partition coefficient (Wildman–Crippen LogP) is 1.69. The first kappa shape index (κ1) is 9.35. The minimum atomic E-state index is -5.34. The summed E-state index contributed by atoms with van der Waals surface area (Å²) in [5, 5.41) is 7.70. The van der Waals surface area contributed by atoms with Gasteiger partial charge in [0.2, 0.25) is 5.83 Å². The molecule has 1 N–H and O–H groups in total. The average Bonchev–Trinajstić information content (AvgIpc) is 1.83. The highest BCUT2D eigenvalue weighted by molar-refractivity contribution is 5.05. The molecule has 6 heteroatoms. The van der Waals surface area contributed by atoms with Crippen molar-refractivity contribution in [3.05, 3.63) is 11.7 Å². The normalized spacial score (nSPS) is 15.0. The van der Waals surface area contributed by atoms with E-state index in [9.17, 15) is 22.0 Å². The highest BCUT2D eigenvalue weighted by Gasteiger charge is 2.37. The van der Waals surface area contributed by atoms with E-state index in [1.165, 1.54) is 0 Å². The summed E-state index contributed by atoms with van der Waals surface area (Å²) in [6, 6.07) is 0. The van der Waals surface area contributed by atoms with Gasteiger partial charge in [-0.1, -0.05) is 0 Å². The Morgan fingerprint density at radius 2 is 1.60 bits per heavy atom. The van der Waals surface area contributed by atoms with Gasteiger partial charge in [0, 0.05) is 0 Å². The lowest BCUT2D eigenvalue weighted by molar-refractivity contribution is -0.111. The molecule has 0 bridgehead atoms. The van der Waals surface area contributed by atoms with Crippen LogP contribution in [0.2, 0.25) is 0 Å². The van der Waals surface area contributed by atoms with Gasteiger partial charge >= 0.3 is 6.18 Å². The van der Waals surface area contributed by atoms with Crippen LogP contribution in [0.5, 0.6) is 0 Å². The number of allylic oxidation sites excluding steroid dienone is 1. The number of hydrogen-bond donors (Lipinski definition) is 1. The van der Waals surface area contributed by atoms with Crippen LogP contribution in [0.3, 0.4) is 0 Å². The maximum absolute atomic E-state index is 11.6. The Bertz CT molecular complexity index is 146. The van der Waals surface area contributed by atoms with E-state index in [-0.39, 0.29) is 0 Å². The van der Waals surface area contributed by atoms with Crippen molar-refractivity contribution in [3.63, 3.8) is 0 Å². The van der Waals surface area contributed by atoms with E-state index in [1.807, 2.05) is 0 Å². The highest BCUT2D eigenvalue weighted by atomic mass is 19.4. The van der Waals surface area contributed by atoms with Crippen molar-refractivity contribution in [2.75, 3.05) is 6.61 Å². The summed E-state index contributed by atoms with van der Waals surface area (Å²) in [6.07, 6.45) is -5.34. The molecule has 0 saturated carbocycles. The molecule has 0 aliphatic rings.